The Balaban J connectivity index is 1.59. The molecule has 6 nitrogen and oxygen atoms in total. The number of likely N-dealkylation sites (N-methyl/N-ethyl adjacent to an activating group) is 1. The Kier molecular flexibility index (Phi) is 7.73. The minimum atomic E-state index is -3.56. The summed E-state index contributed by atoms with van der Waals surface area (Å²) < 4.78 is 33.2. The van der Waals surface area contributed by atoms with Crippen molar-refractivity contribution in [3.8, 4) is 5.75 Å². The van der Waals surface area contributed by atoms with E-state index in [1.807, 2.05) is 31.2 Å². The number of sulfonamides is 1. The topological polar surface area (TPSA) is 66.9 Å². The van der Waals surface area contributed by atoms with E-state index in [-0.39, 0.29) is 16.8 Å². The lowest BCUT2D eigenvalue weighted by Gasteiger charge is -2.30. The number of ether oxygens (including phenoxy) is 1. The second kappa shape index (κ2) is 10.3. The minimum absolute atomic E-state index is 0.0550. The number of carbonyl (C=O) groups is 1. The molecule has 0 atom stereocenters. The largest absolute Gasteiger partial charge is 0.491 e. The Morgan fingerprint density at radius 1 is 1.00 bits per heavy atom. The summed E-state index contributed by atoms with van der Waals surface area (Å²) in [6, 6.07) is 14.0. The van der Waals surface area contributed by atoms with Gasteiger partial charge in [0.1, 0.15) is 12.4 Å². The van der Waals surface area contributed by atoms with Crippen molar-refractivity contribution >= 4 is 15.9 Å². The first kappa shape index (κ1) is 23.3. The lowest BCUT2D eigenvalue weighted by Crippen LogP contribution is -2.38. The van der Waals surface area contributed by atoms with Gasteiger partial charge in [0, 0.05) is 25.7 Å². The van der Waals surface area contributed by atoms with Crippen LogP contribution in [0.5, 0.6) is 5.75 Å². The van der Waals surface area contributed by atoms with Gasteiger partial charge < -0.3 is 9.64 Å². The smallest absolute Gasteiger partial charge is 0.253 e. The van der Waals surface area contributed by atoms with Gasteiger partial charge in [0.05, 0.1) is 11.4 Å². The van der Waals surface area contributed by atoms with Crippen molar-refractivity contribution in [2.24, 2.45) is 0 Å². The summed E-state index contributed by atoms with van der Waals surface area (Å²) in [4.78, 5) is 14.5. The highest BCUT2D eigenvalue weighted by Crippen LogP contribution is 2.26. The van der Waals surface area contributed by atoms with Crippen LogP contribution in [0.25, 0.3) is 0 Å². The van der Waals surface area contributed by atoms with Crippen LogP contribution in [0.2, 0.25) is 0 Å². The van der Waals surface area contributed by atoms with Gasteiger partial charge in [0.2, 0.25) is 10.0 Å². The molecule has 0 N–H and O–H groups in total. The standard InChI is InChI=1S/C24H32N2O4S/c1-19-9-7-8-12-23(19)30-18-17-25(2)24(27)20-13-15-22(16-14-20)31(28,29)26(3)21-10-5-4-6-11-21/h7-9,12-16,21H,4-6,10-11,17-18H2,1-3H3. The Morgan fingerprint density at radius 3 is 2.29 bits per heavy atom. The highest BCUT2D eigenvalue weighted by atomic mass is 32.2. The maximum absolute atomic E-state index is 13.0. The van der Waals surface area contributed by atoms with Crippen molar-refractivity contribution < 1.29 is 17.9 Å². The molecule has 1 aliphatic carbocycles. The molecule has 3 rings (SSSR count). The van der Waals surface area contributed by atoms with Crippen molar-refractivity contribution in [1.82, 2.24) is 9.21 Å². The zero-order valence-corrected chi connectivity index (χ0v) is 19.4. The van der Waals surface area contributed by atoms with E-state index < -0.39 is 10.0 Å². The van der Waals surface area contributed by atoms with E-state index in [0.29, 0.717) is 18.7 Å². The van der Waals surface area contributed by atoms with E-state index in [2.05, 4.69) is 0 Å². The molecule has 7 heteroatoms. The summed E-state index contributed by atoms with van der Waals surface area (Å²) in [6.07, 6.45) is 5.11. The fraction of sp³-hybridized carbons (Fsp3) is 0.458. The van der Waals surface area contributed by atoms with Crippen LogP contribution in [0.4, 0.5) is 0 Å². The van der Waals surface area contributed by atoms with Crippen LogP contribution in [-0.2, 0) is 10.0 Å². The molecule has 1 saturated carbocycles. The number of aryl methyl sites for hydroxylation is 1. The Bertz CT molecular complexity index is 983. The van der Waals surface area contributed by atoms with Crippen LogP contribution >= 0.6 is 0 Å². The van der Waals surface area contributed by atoms with Gasteiger partial charge in [-0.15, -0.1) is 0 Å². The Hall–Kier alpha value is -2.38. The molecule has 0 bridgehead atoms. The third kappa shape index (κ3) is 5.66. The van der Waals surface area contributed by atoms with E-state index in [1.54, 1.807) is 31.1 Å². The molecule has 2 aromatic rings. The lowest BCUT2D eigenvalue weighted by atomic mass is 9.96. The highest BCUT2D eigenvalue weighted by molar-refractivity contribution is 7.89. The molecule has 0 saturated heterocycles. The third-order valence-corrected chi connectivity index (χ3v) is 7.92. The van der Waals surface area contributed by atoms with Gasteiger partial charge in [0.25, 0.3) is 5.91 Å². The van der Waals surface area contributed by atoms with Gasteiger partial charge in [-0.05, 0) is 55.7 Å². The van der Waals surface area contributed by atoms with Crippen molar-refractivity contribution in [3.05, 3.63) is 59.7 Å². The molecule has 0 unspecified atom stereocenters. The van der Waals surface area contributed by atoms with Gasteiger partial charge in [-0.3, -0.25) is 4.79 Å². The number of hydrogen-bond donors (Lipinski definition) is 0. The summed E-state index contributed by atoms with van der Waals surface area (Å²) in [5, 5.41) is 0. The quantitative estimate of drug-likeness (QED) is 0.615. The fourth-order valence-corrected chi connectivity index (χ4v) is 5.33. The van der Waals surface area contributed by atoms with Gasteiger partial charge in [-0.25, -0.2) is 8.42 Å². The molecule has 1 amide bonds. The maximum Gasteiger partial charge on any atom is 0.253 e. The van der Waals surface area contributed by atoms with Crippen LogP contribution in [0.15, 0.2) is 53.4 Å². The minimum Gasteiger partial charge on any atom is -0.491 e. The summed E-state index contributed by atoms with van der Waals surface area (Å²) in [7, 11) is -0.189. The first-order valence-electron chi connectivity index (χ1n) is 10.8. The molecule has 168 valence electrons. The van der Waals surface area contributed by atoms with Gasteiger partial charge in [-0.2, -0.15) is 4.31 Å². The molecule has 0 aromatic heterocycles. The number of hydrogen-bond acceptors (Lipinski definition) is 4. The van der Waals surface area contributed by atoms with Gasteiger partial charge in [-0.1, -0.05) is 37.5 Å². The molecule has 1 fully saturated rings. The van der Waals surface area contributed by atoms with Crippen molar-refractivity contribution in [2.45, 2.75) is 50.0 Å². The first-order chi connectivity index (χ1) is 14.8. The lowest BCUT2D eigenvalue weighted by molar-refractivity contribution is 0.0773. The molecular formula is C24H32N2O4S. The summed E-state index contributed by atoms with van der Waals surface area (Å²) in [6.45, 7) is 2.79. The van der Waals surface area contributed by atoms with E-state index in [0.717, 1.165) is 37.0 Å². The molecule has 0 radical (unpaired) electrons. The van der Waals surface area contributed by atoms with Crippen molar-refractivity contribution in [2.75, 3.05) is 27.2 Å². The fourth-order valence-electron chi connectivity index (χ4n) is 3.91. The van der Waals surface area contributed by atoms with E-state index in [4.69, 9.17) is 4.74 Å². The number of amides is 1. The van der Waals surface area contributed by atoms with E-state index >= 15 is 0 Å². The van der Waals surface area contributed by atoms with E-state index in [9.17, 15) is 13.2 Å². The SMILES string of the molecule is Cc1ccccc1OCCN(C)C(=O)c1ccc(S(=O)(=O)N(C)C2CCCCC2)cc1. The Morgan fingerprint density at radius 2 is 1.65 bits per heavy atom. The zero-order valence-electron chi connectivity index (χ0n) is 18.6. The van der Waals surface area contributed by atoms with Crippen LogP contribution in [0.3, 0.4) is 0 Å². The normalized spacial score (nSPS) is 15.1. The second-order valence-electron chi connectivity index (χ2n) is 8.18. The van der Waals surface area contributed by atoms with Gasteiger partial charge in [0.15, 0.2) is 0 Å². The predicted octanol–water partition coefficient (Wildman–Crippen LogP) is 4.10. The zero-order chi connectivity index (χ0) is 22.4. The summed E-state index contributed by atoms with van der Waals surface area (Å²) in [5.74, 6) is 0.637. The molecule has 0 heterocycles. The summed E-state index contributed by atoms with van der Waals surface area (Å²) in [5.41, 5.74) is 1.50. The molecule has 0 aliphatic heterocycles. The third-order valence-electron chi connectivity index (χ3n) is 5.99. The van der Waals surface area contributed by atoms with E-state index in [1.165, 1.54) is 22.9 Å². The molecule has 1 aliphatic rings. The van der Waals surface area contributed by atoms with Gasteiger partial charge >= 0.3 is 0 Å². The number of para-hydroxylation sites is 1. The van der Waals surface area contributed by atoms with Crippen LogP contribution < -0.4 is 4.74 Å². The molecule has 2 aromatic carbocycles. The average Bonchev–Trinajstić information content (AvgIpc) is 2.80. The number of benzene rings is 2. The summed E-state index contributed by atoms with van der Waals surface area (Å²) >= 11 is 0. The monoisotopic (exact) mass is 444 g/mol. The number of carbonyl (C=O) groups excluding carboxylic acids is 1. The number of rotatable bonds is 8. The van der Waals surface area contributed by atoms with Crippen molar-refractivity contribution in [3.63, 3.8) is 0 Å². The number of nitrogens with zero attached hydrogens (tertiary/aromatic N) is 2. The van der Waals surface area contributed by atoms with Crippen LogP contribution in [-0.4, -0.2) is 56.8 Å². The first-order valence-corrected chi connectivity index (χ1v) is 12.3. The van der Waals surface area contributed by atoms with Crippen LogP contribution in [0.1, 0.15) is 48.0 Å². The van der Waals surface area contributed by atoms with Crippen molar-refractivity contribution in [1.29, 1.82) is 0 Å². The molecular weight excluding hydrogens is 412 g/mol. The molecule has 0 spiro atoms. The second-order valence-corrected chi connectivity index (χ2v) is 10.2. The average molecular weight is 445 g/mol. The van der Waals surface area contributed by atoms with Crippen LogP contribution in [0, 0.1) is 6.92 Å². The molecule has 31 heavy (non-hydrogen) atoms. The predicted molar refractivity (Wildman–Crippen MR) is 122 cm³/mol. The Labute approximate surface area is 185 Å². The highest BCUT2D eigenvalue weighted by Gasteiger charge is 2.29. The maximum atomic E-state index is 13.0.